The predicted molar refractivity (Wildman–Crippen MR) is 89.2 cm³/mol. The van der Waals surface area contributed by atoms with Gasteiger partial charge < -0.3 is 10.4 Å². The summed E-state index contributed by atoms with van der Waals surface area (Å²) in [5, 5.41) is 11.7. The van der Waals surface area contributed by atoms with Gasteiger partial charge in [0.1, 0.15) is 0 Å². The van der Waals surface area contributed by atoms with Gasteiger partial charge in [-0.3, -0.25) is 4.79 Å². The van der Waals surface area contributed by atoms with Crippen molar-refractivity contribution in [3.05, 3.63) is 54.6 Å². The minimum Gasteiger partial charge on any atom is -0.478 e. The number of carboxylic acid groups (broad SMARTS) is 1. The summed E-state index contributed by atoms with van der Waals surface area (Å²) in [6.07, 6.45) is 0.647. The highest BCUT2D eigenvalue weighted by Gasteiger charge is 2.13. The number of benzene rings is 1. The quantitative estimate of drug-likeness (QED) is 0.751. The Balaban J connectivity index is 1.88. The number of hydrogen-bond donors (Lipinski definition) is 2. The molecule has 7 heteroatoms. The van der Waals surface area contributed by atoms with Crippen molar-refractivity contribution in [3.8, 4) is 0 Å². The lowest BCUT2D eigenvalue weighted by atomic mass is 10.1. The van der Waals surface area contributed by atoms with Crippen LogP contribution >= 0.6 is 43.2 Å². The number of hydrogen-bond acceptors (Lipinski definition) is 3. The van der Waals surface area contributed by atoms with Crippen molar-refractivity contribution < 1.29 is 14.7 Å². The Morgan fingerprint density at radius 2 is 1.86 bits per heavy atom. The molecule has 0 saturated carbocycles. The molecule has 4 nitrogen and oxygen atoms in total. The number of carbonyl (C=O) groups excluding carboxylic acids is 1. The molecule has 0 saturated heterocycles. The molecule has 1 aromatic heterocycles. The smallest absolute Gasteiger partial charge is 0.335 e. The summed E-state index contributed by atoms with van der Waals surface area (Å²) in [5.74, 6) is -1.08. The molecule has 0 aliphatic heterocycles. The van der Waals surface area contributed by atoms with E-state index in [9.17, 15) is 9.59 Å². The van der Waals surface area contributed by atoms with Gasteiger partial charge in [-0.2, -0.15) is 0 Å². The summed E-state index contributed by atoms with van der Waals surface area (Å²) < 4.78 is 1.68. The maximum Gasteiger partial charge on any atom is 0.335 e. The minimum absolute atomic E-state index is 0.133. The molecule has 0 fully saturated rings. The van der Waals surface area contributed by atoms with Crippen molar-refractivity contribution in [2.24, 2.45) is 0 Å². The lowest BCUT2D eigenvalue weighted by Gasteiger charge is -2.05. The first kappa shape index (κ1) is 16.2. The highest BCUT2D eigenvalue weighted by Crippen LogP contribution is 2.31. The second-order valence-electron chi connectivity index (χ2n) is 4.25. The van der Waals surface area contributed by atoms with Gasteiger partial charge in [0.05, 0.1) is 18.7 Å². The molecule has 21 heavy (non-hydrogen) atoms. The van der Waals surface area contributed by atoms with Crippen molar-refractivity contribution in [1.29, 1.82) is 0 Å². The lowest BCUT2D eigenvalue weighted by molar-refractivity contribution is 0.0696. The molecule has 1 heterocycles. The Kier molecular flexibility index (Phi) is 5.55. The highest BCUT2D eigenvalue weighted by molar-refractivity contribution is 9.12. The summed E-state index contributed by atoms with van der Waals surface area (Å²) in [6.45, 7) is 0.491. The van der Waals surface area contributed by atoms with Gasteiger partial charge in [-0.05, 0) is 62.0 Å². The minimum atomic E-state index is -0.942. The molecule has 110 valence electrons. The fourth-order valence-electron chi connectivity index (χ4n) is 1.72. The third-order valence-corrected chi connectivity index (χ3v) is 5.14. The second kappa shape index (κ2) is 7.20. The highest BCUT2D eigenvalue weighted by atomic mass is 79.9. The van der Waals surface area contributed by atoms with E-state index in [1.165, 1.54) is 11.3 Å². The Morgan fingerprint density at radius 3 is 2.38 bits per heavy atom. The third-order valence-electron chi connectivity index (χ3n) is 2.80. The molecule has 1 aromatic carbocycles. The van der Waals surface area contributed by atoms with Crippen LogP contribution < -0.4 is 5.32 Å². The first-order valence-electron chi connectivity index (χ1n) is 6.02. The van der Waals surface area contributed by atoms with Crippen molar-refractivity contribution >= 4 is 55.1 Å². The van der Waals surface area contributed by atoms with Crippen LogP contribution in [0.3, 0.4) is 0 Å². The molecule has 0 atom stereocenters. The van der Waals surface area contributed by atoms with E-state index in [-0.39, 0.29) is 11.5 Å². The van der Waals surface area contributed by atoms with Gasteiger partial charge in [0.2, 0.25) is 0 Å². The van der Waals surface area contributed by atoms with Crippen LogP contribution in [0.25, 0.3) is 0 Å². The topological polar surface area (TPSA) is 66.4 Å². The van der Waals surface area contributed by atoms with Gasteiger partial charge in [-0.1, -0.05) is 12.1 Å². The van der Waals surface area contributed by atoms with Crippen LogP contribution in [0.2, 0.25) is 0 Å². The van der Waals surface area contributed by atoms with Gasteiger partial charge in [-0.25, -0.2) is 4.79 Å². The molecule has 2 N–H and O–H groups in total. The Labute approximate surface area is 142 Å². The molecule has 1 amide bonds. The number of thiophene rings is 1. The largest absolute Gasteiger partial charge is 0.478 e. The van der Waals surface area contributed by atoms with Crippen molar-refractivity contribution in [2.75, 3.05) is 6.54 Å². The zero-order valence-electron chi connectivity index (χ0n) is 10.7. The zero-order valence-corrected chi connectivity index (χ0v) is 14.7. The summed E-state index contributed by atoms with van der Waals surface area (Å²) in [4.78, 5) is 22.7. The maximum atomic E-state index is 12.0. The summed E-state index contributed by atoms with van der Waals surface area (Å²) >= 11 is 8.13. The molecule has 0 aliphatic carbocycles. The molecular weight excluding hydrogens is 422 g/mol. The van der Waals surface area contributed by atoms with Crippen molar-refractivity contribution in [1.82, 2.24) is 5.32 Å². The van der Waals surface area contributed by atoms with E-state index in [2.05, 4.69) is 37.2 Å². The number of carboxylic acids is 1. The normalized spacial score (nSPS) is 10.4. The summed E-state index contributed by atoms with van der Waals surface area (Å²) in [5.41, 5.74) is 1.84. The fraction of sp³-hybridized carbons (Fsp3) is 0.143. The number of amides is 1. The molecule has 2 aromatic rings. The van der Waals surface area contributed by atoms with Crippen LogP contribution in [0.5, 0.6) is 0 Å². The van der Waals surface area contributed by atoms with E-state index in [0.717, 1.165) is 13.1 Å². The van der Waals surface area contributed by atoms with Crippen LogP contribution in [0.15, 0.2) is 37.9 Å². The van der Waals surface area contributed by atoms with Gasteiger partial charge in [0, 0.05) is 6.54 Å². The molecular formula is C14H11Br2NO3S. The van der Waals surface area contributed by atoms with Gasteiger partial charge >= 0.3 is 5.97 Å². The first-order chi connectivity index (χ1) is 9.97. The van der Waals surface area contributed by atoms with Crippen LogP contribution in [-0.2, 0) is 6.42 Å². The molecule has 0 spiro atoms. The predicted octanol–water partition coefficient (Wildman–Crippen LogP) is 3.94. The fourth-order valence-corrected chi connectivity index (χ4v) is 4.52. The van der Waals surface area contributed by atoms with E-state index in [4.69, 9.17) is 5.11 Å². The standard InChI is InChI=1S/C14H11Br2NO3S/c15-11-7-10(12(16)21-11)13(18)17-6-5-8-1-3-9(4-2-8)14(19)20/h1-4,7H,5-6H2,(H,17,18)(H,19,20). The second-order valence-corrected chi connectivity index (χ2v) is 8.00. The number of rotatable bonds is 5. The average Bonchev–Trinajstić information content (AvgIpc) is 2.78. The van der Waals surface area contributed by atoms with Crippen molar-refractivity contribution in [2.45, 2.75) is 6.42 Å². The van der Waals surface area contributed by atoms with Crippen LogP contribution in [0, 0.1) is 0 Å². The SMILES string of the molecule is O=C(O)c1ccc(CCNC(=O)c2cc(Br)sc2Br)cc1. The molecule has 0 radical (unpaired) electrons. The molecule has 0 bridgehead atoms. The van der Waals surface area contributed by atoms with Crippen LogP contribution in [-0.4, -0.2) is 23.5 Å². The van der Waals surface area contributed by atoms with Gasteiger partial charge in [-0.15, -0.1) is 11.3 Å². The van der Waals surface area contributed by atoms with E-state index < -0.39 is 5.97 Å². The Bertz CT molecular complexity index is 667. The molecule has 2 rings (SSSR count). The average molecular weight is 433 g/mol. The zero-order chi connectivity index (χ0) is 15.4. The van der Waals surface area contributed by atoms with Crippen molar-refractivity contribution in [3.63, 3.8) is 0 Å². The Morgan fingerprint density at radius 1 is 1.19 bits per heavy atom. The van der Waals surface area contributed by atoms with Gasteiger partial charge in [0.25, 0.3) is 5.91 Å². The number of halogens is 2. The lowest BCUT2D eigenvalue weighted by Crippen LogP contribution is -2.25. The van der Waals surface area contributed by atoms with E-state index in [1.54, 1.807) is 30.3 Å². The third kappa shape index (κ3) is 4.39. The number of nitrogens with one attached hydrogen (secondary N) is 1. The summed E-state index contributed by atoms with van der Waals surface area (Å²) in [6, 6.07) is 8.41. The number of aromatic carboxylic acids is 1. The van der Waals surface area contributed by atoms with Crippen LogP contribution in [0.4, 0.5) is 0 Å². The van der Waals surface area contributed by atoms with E-state index >= 15 is 0 Å². The monoisotopic (exact) mass is 431 g/mol. The summed E-state index contributed by atoms with van der Waals surface area (Å²) in [7, 11) is 0. The van der Waals surface area contributed by atoms with E-state index in [0.29, 0.717) is 18.5 Å². The maximum absolute atomic E-state index is 12.0. The molecule has 0 aliphatic rings. The van der Waals surface area contributed by atoms with Crippen LogP contribution in [0.1, 0.15) is 26.3 Å². The molecule has 0 unspecified atom stereocenters. The first-order valence-corrected chi connectivity index (χ1v) is 8.43. The number of carbonyl (C=O) groups is 2. The Hall–Kier alpha value is -1.18. The van der Waals surface area contributed by atoms with Gasteiger partial charge in [0.15, 0.2) is 0 Å². The van der Waals surface area contributed by atoms with E-state index in [1.807, 2.05) is 0 Å².